The third-order valence-electron chi connectivity index (χ3n) is 1.79. The van der Waals surface area contributed by atoms with Crippen molar-refractivity contribution < 1.29 is 9.72 Å². The van der Waals surface area contributed by atoms with Crippen LogP contribution in [0.4, 0.5) is 11.4 Å². The highest BCUT2D eigenvalue weighted by Gasteiger charge is 2.20. The van der Waals surface area contributed by atoms with E-state index >= 15 is 0 Å². The van der Waals surface area contributed by atoms with Gasteiger partial charge in [-0.15, -0.1) is 11.6 Å². The molecular weight excluding hydrogens is 299 g/mol. The predicted octanol–water partition coefficient (Wildman–Crippen LogP) is 2.92. The van der Waals surface area contributed by atoms with Gasteiger partial charge in [0, 0.05) is 0 Å². The van der Waals surface area contributed by atoms with E-state index in [1.807, 2.05) is 0 Å². The Morgan fingerprint density at radius 3 is 2.75 bits per heavy atom. The van der Waals surface area contributed by atoms with Crippen molar-refractivity contribution in [3.8, 4) is 0 Å². The minimum absolute atomic E-state index is 0.122. The van der Waals surface area contributed by atoms with E-state index in [1.165, 1.54) is 19.1 Å². The normalized spacial score (nSPS) is 11.9. The molecule has 0 saturated heterocycles. The van der Waals surface area contributed by atoms with Gasteiger partial charge in [0.2, 0.25) is 5.91 Å². The van der Waals surface area contributed by atoms with Crippen LogP contribution in [0.25, 0.3) is 0 Å². The van der Waals surface area contributed by atoms with Crippen LogP contribution in [0.3, 0.4) is 0 Å². The molecule has 1 unspecified atom stereocenters. The summed E-state index contributed by atoms with van der Waals surface area (Å²) in [5.74, 6) is -0.483. The lowest BCUT2D eigenvalue weighted by atomic mass is 10.2. The molecule has 0 saturated carbocycles. The molecule has 1 aromatic carbocycles. The zero-order chi connectivity index (χ0) is 12.3. The van der Waals surface area contributed by atoms with Crippen LogP contribution < -0.4 is 5.32 Å². The van der Waals surface area contributed by atoms with Crippen LogP contribution in [0.5, 0.6) is 0 Å². The number of rotatable bonds is 3. The second kappa shape index (κ2) is 5.27. The first kappa shape index (κ1) is 12.9. The van der Waals surface area contributed by atoms with Crippen molar-refractivity contribution >= 4 is 44.8 Å². The Kier molecular flexibility index (Phi) is 4.26. The maximum absolute atomic E-state index is 11.3. The SMILES string of the molecule is CC(Cl)C(=O)Nc1cccc(Br)c1[N+](=O)[O-]. The third kappa shape index (κ3) is 2.93. The molecule has 0 radical (unpaired) electrons. The Hall–Kier alpha value is -1.14. The molecule has 0 fully saturated rings. The number of para-hydroxylation sites is 1. The zero-order valence-corrected chi connectivity index (χ0v) is 10.6. The summed E-state index contributed by atoms with van der Waals surface area (Å²) in [4.78, 5) is 21.5. The van der Waals surface area contributed by atoms with E-state index in [4.69, 9.17) is 11.6 Å². The number of nitro benzene ring substituents is 1. The smallest absolute Gasteiger partial charge is 0.306 e. The summed E-state index contributed by atoms with van der Waals surface area (Å²) in [6, 6.07) is 4.56. The number of alkyl halides is 1. The maximum Gasteiger partial charge on any atom is 0.306 e. The molecule has 0 aromatic heterocycles. The summed E-state index contributed by atoms with van der Waals surface area (Å²) in [5, 5.41) is 12.4. The number of hydrogen-bond donors (Lipinski definition) is 1. The number of carbonyl (C=O) groups excluding carboxylic acids is 1. The number of benzene rings is 1. The molecule has 5 nitrogen and oxygen atoms in total. The van der Waals surface area contributed by atoms with Gasteiger partial charge in [-0.05, 0) is 35.0 Å². The van der Waals surface area contributed by atoms with Crippen molar-refractivity contribution in [3.63, 3.8) is 0 Å². The molecule has 16 heavy (non-hydrogen) atoms. The standard InChI is InChI=1S/C9H8BrClN2O3/c1-5(11)9(14)12-7-4-2-3-6(10)8(7)13(15)16/h2-5H,1H3,(H,12,14). The van der Waals surface area contributed by atoms with Crippen LogP contribution in [0.1, 0.15) is 6.92 Å². The average Bonchev–Trinajstić information content (AvgIpc) is 2.16. The van der Waals surface area contributed by atoms with Crippen molar-refractivity contribution in [2.45, 2.75) is 12.3 Å². The first-order valence-electron chi connectivity index (χ1n) is 4.31. The molecule has 0 bridgehead atoms. The van der Waals surface area contributed by atoms with Crippen LogP contribution >= 0.6 is 27.5 Å². The van der Waals surface area contributed by atoms with E-state index in [9.17, 15) is 14.9 Å². The molecule has 0 spiro atoms. The first-order valence-corrected chi connectivity index (χ1v) is 5.54. The molecule has 1 atom stereocenters. The van der Waals surface area contributed by atoms with E-state index in [0.717, 1.165) is 0 Å². The van der Waals surface area contributed by atoms with Crippen LogP contribution in [0, 0.1) is 10.1 Å². The Bertz CT molecular complexity index is 437. The van der Waals surface area contributed by atoms with Gasteiger partial charge in [-0.25, -0.2) is 0 Å². The predicted molar refractivity (Wildman–Crippen MR) is 64.7 cm³/mol. The number of amides is 1. The Balaban J connectivity index is 3.09. The molecular formula is C9H8BrClN2O3. The minimum atomic E-state index is -0.751. The quantitative estimate of drug-likeness (QED) is 0.530. The number of carbonyl (C=O) groups is 1. The minimum Gasteiger partial charge on any atom is -0.319 e. The lowest BCUT2D eigenvalue weighted by molar-refractivity contribution is -0.384. The topological polar surface area (TPSA) is 72.2 Å². The molecule has 1 N–H and O–H groups in total. The van der Waals surface area contributed by atoms with Crippen molar-refractivity contribution in [1.29, 1.82) is 0 Å². The highest BCUT2D eigenvalue weighted by atomic mass is 79.9. The Labute approximate surface area is 105 Å². The number of halogens is 2. The van der Waals surface area contributed by atoms with Crippen molar-refractivity contribution in [3.05, 3.63) is 32.8 Å². The van der Waals surface area contributed by atoms with Gasteiger partial charge in [0.1, 0.15) is 11.1 Å². The van der Waals surface area contributed by atoms with Crippen molar-refractivity contribution in [2.24, 2.45) is 0 Å². The third-order valence-corrected chi connectivity index (χ3v) is 2.63. The monoisotopic (exact) mass is 306 g/mol. The maximum atomic E-state index is 11.3. The molecule has 86 valence electrons. The van der Waals surface area contributed by atoms with E-state index in [-0.39, 0.29) is 11.4 Å². The molecule has 0 heterocycles. The fraction of sp³-hybridized carbons (Fsp3) is 0.222. The van der Waals surface area contributed by atoms with Gasteiger partial charge in [0.25, 0.3) is 0 Å². The highest BCUT2D eigenvalue weighted by molar-refractivity contribution is 9.10. The lowest BCUT2D eigenvalue weighted by Crippen LogP contribution is -2.20. The number of nitrogens with zero attached hydrogens (tertiary/aromatic N) is 1. The summed E-state index contributed by atoms with van der Waals surface area (Å²) in [5.41, 5.74) is -0.0648. The summed E-state index contributed by atoms with van der Waals surface area (Å²) in [7, 11) is 0. The largest absolute Gasteiger partial charge is 0.319 e. The van der Waals surface area contributed by atoms with E-state index in [1.54, 1.807) is 6.07 Å². The Morgan fingerprint density at radius 1 is 1.62 bits per heavy atom. The van der Waals surface area contributed by atoms with Gasteiger partial charge in [0.05, 0.1) is 9.40 Å². The second-order valence-corrected chi connectivity index (χ2v) is 4.51. The molecule has 0 aliphatic heterocycles. The van der Waals surface area contributed by atoms with Crippen molar-refractivity contribution in [2.75, 3.05) is 5.32 Å². The highest BCUT2D eigenvalue weighted by Crippen LogP contribution is 2.32. The molecule has 1 rings (SSSR count). The van der Waals surface area contributed by atoms with Gasteiger partial charge in [0.15, 0.2) is 0 Å². The number of nitrogens with one attached hydrogen (secondary N) is 1. The van der Waals surface area contributed by atoms with Gasteiger partial charge < -0.3 is 5.32 Å². The van der Waals surface area contributed by atoms with E-state index in [2.05, 4.69) is 21.2 Å². The zero-order valence-electron chi connectivity index (χ0n) is 8.24. The van der Waals surface area contributed by atoms with Gasteiger partial charge in [-0.2, -0.15) is 0 Å². The first-order chi connectivity index (χ1) is 7.43. The molecule has 0 aliphatic rings. The average molecular weight is 308 g/mol. The van der Waals surface area contributed by atoms with Crippen LogP contribution in [0.15, 0.2) is 22.7 Å². The number of hydrogen-bond acceptors (Lipinski definition) is 3. The molecule has 1 amide bonds. The number of anilines is 1. The van der Waals surface area contributed by atoms with Gasteiger partial charge in [-0.1, -0.05) is 6.07 Å². The Morgan fingerprint density at radius 2 is 2.25 bits per heavy atom. The summed E-state index contributed by atoms with van der Waals surface area (Å²) in [6.45, 7) is 1.49. The second-order valence-electron chi connectivity index (χ2n) is 3.00. The van der Waals surface area contributed by atoms with Gasteiger partial charge in [-0.3, -0.25) is 14.9 Å². The molecule has 7 heteroatoms. The fourth-order valence-corrected chi connectivity index (χ4v) is 1.60. The van der Waals surface area contributed by atoms with E-state index < -0.39 is 16.2 Å². The molecule has 1 aromatic rings. The molecule has 0 aliphatic carbocycles. The summed E-state index contributed by atoms with van der Waals surface area (Å²) in [6.07, 6.45) is 0. The van der Waals surface area contributed by atoms with Gasteiger partial charge >= 0.3 is 5.69 Å². The summed E-state index contributed by atoms with van der Waals surface area (Å²) < 4.78 is 0.303. The fourth-order valence-electron chi connectivity index (χ4n) is 1.03. The number of nitro groups is 1. The summed E-state index contributed by atoms with van der Waals surface area (Å²) >= 11 is 8.60. The van der Waals surface area contributed by atoms with Crippen LogP contribution in [-0.2, 0) is 4.79 Å². The van der Waals surface area contributed by atoms with E-state index in [0.29, 0.717) is 4.47 Å². The lowest BCUT2D eigenvalue weighted by Gasteiger charge is -2.07. The van der Waals surface area contributed by atoms with Crippen LogP contribution in [-0.4, -0.2) is 16.2 Å². The van der Waals surface area contributed by atoms with Crippen molar-refractivity contribution in [1.82, 2.24) is 0 Å². The van der Waals surface area contributed by atoms with Crippen LogP contribution in [0.2, 0.25) is 0 Å².